The number of hydrogen-bond acceptors (Lipinski definition) is 6. The summed E-state index contributed by atoms with van der Waals surface area (Å²) >= 11 is 1.50. The molecule has 1 fully saturated rings. The molecule has 5 nitrogen and oxygen atoms in total. The van der Waals surface area contributed by atoms with E-state index >= 15 is 0 Å². The molecule has 0 radical (unpaired) electrons. The second-order valence-corrected chi connectivity index (χ2v) is 7.54. The Morgan fingerprint density at radius 2 is 2.04 bits per heavy atom. The lowest BCUT2D eigenvalue weighted by atomic mass is 9.86. The van der Waals surface area contributed by atoms with Crippen molar-refractivity contribution in [2.24, 2.45) is 0 Å². The van der Waals surface area contributed by atoms with Crippen molar-refractivity contribution in [3.8, 4) is 17.2 Å². The lowest BCUT2D eigenvalue weighted by molar-refractivity contribution is 0.101. The number of aromatic hydroxyl groups is 2. The van der Waals surface area contributed by atoms with Crippen LogP contribution in [0.5, 0.6) is 17.2 Å². The molecular formula is C19H19NO4S. The predicted molar refractivity (Wildman–Crippen MR) is 96.5 cm³/mol. The van der Waals surface area contributed by atoms with Gasteiger partial charge < -0.3 is 19.8 Å². The Kier molecular flexibility index (Phi) is 4.01. The minimum absolute atomic E-state index is 0.00373. The van der Waals surface area contributed by atoms with Gasteiger partial charge in [0.1, 0.15) is 22.8 Å². The monoisotopic (exact) mass is 357 g/mol. The Bertz CT molecular complexity index is 849. The van der Waals surface area contributed by atoms with Crippen LogP contribution in [0, 0.1) is 0 Å². The molecule has 25 heavy (non-hydrogen) atoms. The fourth-order valence-electron chi connectivity index (χ4n) is 3.54. The topological polar surface area (TPSA) is 70.0 Å². The molecule has 1 aromatic heterocycles. The van der Waals surface area contributed by atoms with Gasteiger partial charge in [0.05, 0.1) is 0 Å². The van der Waals surface area contributed by atoms with Crippen molar-refractivity contribution < 1.29 is 19.7 Å². The summed E-state index contributed by atoms with van der Waals surface area (Å²) in [5.74, 6) is 0.0432. The number of phenols is 2. The van der Waals surface area contributed by atoms with Gasteiger partial charge in [-0.05, 0) is 50.3 Å². The van der Waals surface area contributed by atoms with Crippen molar-refractivity contribution in [2.45, 2.75) is 18.8 Å². The molecule has 130 valence electrons. The van der Waals surface area contributed by atoms with Crippen LogP contribution in [0.4, 0.5) is 0 Å². The number of phenolic OH excluding ortho intramolecular Hbond substituents is 2. The zero-order valence-corrected chi connectivity index (χ0v) is 14.7. The maximum absolute atomic E-state index is 12.7. The minimum atomic E-state index is -0.338. The molecular weight excluding hydrogens is 338 g/mol. The molecule has 0 atom stereocenters. The van der Waals surface area contributed by atoms with E-state index in [-0.39, 0.29) is 34.5 Å². The Morgan fingerprint density at radius 3 is 2.72 bits per heavy atom. The highest BCUT2D eigenvalue weighted by Crippen LogP contribution is 2.49. The largest absolute Gasteiger partial charge is 0.507 e. The first-order chi connectivity index (χ1) is 12.0. The van der Waals surface area contributed by atoms with Crippen LogP contribution >= 0.6 is 11.3 Å². The van der Waals surface area contributed by atoms with Gasteiger partial charge in [0.2, 0.25) is 5.78 Å². The van der Waals surface area contributed by atoms with Crippen LogP contribution in [0.2, 0.25) is 0 Å². The Morgan fingerprint density at radius 1 is 1.28 bits per heavy atom. The van der Waals surface area contributed by atoms with Gasteiger partial charge in [0, 0.05) is 22.6 Å². The van der Waals surface area contributed by atoms with Crippen LogP contribution in [0.1, 0.15) is 39.6 Å². The normalized spacial score (nSPS) is 20.0. The highest BCUT2D eigenvalue weighted by Gasteiger charge is 2.37. The first kappa shape index (κ1) is 16.2. The van der Waals surface area contributed by atoms with Gasteiger partial charge in [-0.2, -0.15) is 0 Å². The number of Topliss-reactive ketones (excluding diaryl/α,β-unsaturated/α-hetero) is 1. The number of ketones is 1. The molecule has 6 heteroatoms. The van der Waals surface area contributed by atoms with Crippen LogP contribution in [-0.2, 0) is 0 Å². The number of fused-ring (bicyclic) bond motifs is 1. The number of rotatable bonds is 2. The van der Waals surface area contributed by atoms with E-state index in [2.05, 4.69) is 11.9 Å². The standard InChI is InChI=1S/C19H19NO4S/c1-20-6-4-11(5-7-20)16-13(21)10-14(22)17-18(23)15(24-19(16)17)9-12-3-2-8-25-12/h2-3,8-11,21-22H,4-7H2,1H3/b15-9-. The summed E-state index contributed by atoms with van der Waals surface area (Å²) in [5, 5.41) is 22.5. The summed E-state index contributed by atoms with van der Waals surface area (Å²) in [4.78, 5) is 15.8. The van der Waals surface area contributed by atoms with Crippen molar-refractivity contribution >= 4 is 23.2 Å². The molecule has 4 rings (SSSR count). The molecule has 0 aliphatic carbocycles. The van der Waals surface area contributed by atoms with Crippen molar-refractivity contribution in [3.05, 3.63) is 45.3 Å². The highest BCUT2D eigenvalue weighted by atomic mass is 32.1. The van der Waals surface area contributed by atoms with E-state index in [0.717, 1.165) is 30.8 Å². The van der Waals surface area contributed by atoms with Gasteiger partial charge in [-0.1, -0.05) is 6.07 Å². The lowest BCUT2D eigenvalue weighted by Crippen LogP contribution is -2.29. The predicted octanol–water partition coefficient (Wildman–Crippen LogP) is 3.58. The molecule has 0 saturated carbocycles. The minimum Gasteiger partial charge on any atom is -0.507 e. The maximum atomic E-state index is 12.7. The van der Waals surface area contributed by atoms with E-state index in [1.165, 1.54) is 17.4 Å². The molecule has 2 aromatic rings. The average Bonchev–Trinajstić information content (AvgIpc) is 3.18. The molecule has 2 N–H and O–H groups in total. The number of hydrogen-bond donors (Lipinski definition) is 2. The van der Waals surface area contributed by atoms with Crippen LogP contribution in [0.25, 0.3) is 6.08 Å². The van der Waals surface area contributed by atoms with E-state index in [4.69, 9.17) is 4.74 Å². The van der Waals surface area contributed by atoms with Crippen LogP contribution in [-0.4, -0.2) is 41.0 Å². The van der Waals surface area contributed by atoms with Crippen molar-refractivity contribution in [1.82, 2.24) is 4.90 Å². The summed E-state index contributed by atoms with van der Waals surface area (Å²) in [6, 6.07) is 5.06. The van der Waals surface area contributed by atoms with E-state index in [0.29, 0.717) is 11.3 Å². The molecule has 0 spiro atoms. The molecule has 2 aliphatic rings. The lowest BCUT2D eigenvalue weighted by Gasteiger charge is -2.30. The fraction of sp³-hybridized carbons (Fsp3) is 0.316. The summed E-state index contributed by atoms with van der Waals surface area (Å²) in [6.45, 7) is 1.84. The first-order valence-electron chi connectivity index (χ1n) is 8.29. The number of thiophene rings is 1. The zero-order chi connectivity index (χ0) is 17.6. The summed E-state index contributed by atoms with van der Waals surface area (Å²) in [6.07, 6.45) is 3.44. The van der Waals surface area contributed by atoms with E-state index in [1.54, 1.807) is 6.08 Å². The first-order valence-corrected chi connectivity index (χ1v) is 9.17. The molecule has 3 heterocycles. The van der Waals surface area contributed by atoms with E-state index in [1.807, 2.05) is 17.5 Å². The Balaban J connectivity index is 1.77. The molecule has 2 aliphatic heterocycles. The third-order valence-electron chi connectivity index (χ3n) is 4.88. The summed E-state index contributed by atoms with van der Waals surface area (Å²) < 4.78 is 5.85. The number of carbonyl (C=O) groups excluding carboxylic acids is 1. The smallest absolute Gasteiger partial charge is 0.235 e. The average molecular weight is 357 g/mol. The third kappa shape index (κ3) is 2.81. The summed E-state index contributed by atoms with van der Waals surface area (Å²) in [7, 11) is 2.07. The number of likely N-dealkylation sites (tertiary alicyclic amines) is 1. The second kappa shape index (κ2) is 6.20. The SMILES string of the molecule is CN1CCC(c2c(O)cc(O)c3c2O/C(=C\c2cccs2)C3=O)CC1. The Labute approximate surface area is 149 Å². The number of allylic oxidation sites excluding steroid dienone is 1. The number of carbonyl (C=O) groups is 1. The fourth-order valence-corrected chi connectivity index (χ4v) is 4.19. The van der Waals surface area contributed by atoms with Crippen molar-refractivity contribution in [3.63, 3.8) is 0 Å². The van der Waals surface area contributed by atoms with E-state index < -0.39 is 0 Å². The zero-order valence-electron chi connectivity index (χ0n) is 13.9. The molecule has 1 saturated heterocycles. The number of piperidine rings is 1. The van der Waals surface area contributed by atoms with Crippen molar-refractivity contribution in [1.29, 1.82) is 0 Å². The number of benzene rings is 1. The molecule has 1 aromatic carbocycles. The highest BCUT2D eigenvalue weighted by molar-refractivity contribution is 7.10. The van der Waals surface area contributed by atoms with E-state index in [9.17, 15) is 15.0 Å². The van der Waals surface area contributed by atoms with Gasteiger partial charge in [0.15, 0.2) is 5.76 Å². The van der Waals surface area contributed by atoms with Crippen LogP contribution < -0.4 is 4.74 Å². The third-order valence-corrected chi connectivity index (χ3v) is 5.70. The van der Waals surface area contributed by atoms with Gasteiger partial charge in [-0.15, -0.1) is 11.3 Å². The van der Waals surface area contributed by atoms with Crippen LogP contribution in [0.3, 0.4) is 0 Å². The summed E-state index contributed by atoms with van der Waals surface area (Å²) in [5.41, 5.74) is 0.804. The molecule has 0 unspecified atom stereocenters. The second-order valence-electron chi connectivity index (χ2n) is 6.57. The quantitative estimate of drug-likeness (QED) is 0.804. The number of nitrogens with zero attached hydrogens (tertiary/aromatic N) is 1. The molecule has 0 amide bonds. The van der Waals surface area contributed by atoms with Crippen LogP contribution in [0.15, 0.2) is 29.3 Å². The van der Waals surface area contributed by atoms with Gasteiger partial charge in [-0.25, -0.2) is 0 Å². The maximum Gasteiger partial charge on any atom is 0.235 e. The Hall–Kier alpha value is -2.31. The number of ether oxygens (including phenoxy) is 1. The molecule has 0 bridgehead atoms. The van der Waals surface area contributed by atoms with Gasteiger partial charge in [-0.3, -0.25) is 4.79 Å². The van der Waals surface area contributed by atoms with Gasteiger partial charge in [0.25, 0.3) is 0 Å². The van der Waals surface area contributed by atoms with Crippen molar-refractivity contribution in [2.75, 3.05) is 20.1 Å². The van der Waals surface area contributed by atoms with Gasteiger partial charge >= 0.3 is 0 Å².